The molecule has 2 aliphatic rings. The fourth-order valence-corrected chi connectivity index (χ4v) is 6.44. The minimum absolute atomic E-state index is 0.0154. The Balaban J connectivity index is 1.59. The number of aromatic nitrogens is 1. The summed E-state index contributed by atoms with van der Waals surface area (Å²) in [4.78, 5) is 38.6. The zero-order valence-corrected chi connectivity index (χ0v) is 22.5. The smallest absolute Gasteiger partial charge is 0.323 e. The first kappa shape index (κ1) is 26.4. The first-order chi connectivity index (χ1) is 17.0. The van der Waals surface area contributed by atoms with E-state index < -0.39 is 5.97 Å². The van der Waals surface area contributed by atoms with Crippen LogP contribution in [0.2, 0.25) is 0 Å². The summed E-state index contributed by atoms with van der Waals surface area (Å²) in [6.45, 7) is 10.5. The van der Waals surface area contributed by atoms with Gasteiger partial charge < -0.3 is 9.67 Å². The van der Waals surface area contributed by atoms with Crippen molar-refractivity contribution in [2.45, 2.75) is 92.5 Å². The molecule has 3 atom stereocenters. The summed E-state index contributed by atoms with van der Waals surface area (Å²) in [6.07, 6.45) is 8.35. The molecular weight excluding hydrogens is 450 g/mol. The highest BCUT2D eigenvalue weighted by Crippen LogP contribution is 2.40. The summed E-state index contributed by atoms with van der Waals surface area (Å²) in [5.74, 6) is 0.327. The number of hydrogen-bond donors (Lipinski definition) is 1. The number of ketones is 2. The average Bonchev–Trinajstić information content (AvgIpc) is 2.95. The molecule has 2 aromatic rings. The molecule has 1 N–H and O–H groups in total. The molecule has 4 rings (SSSR count). The van der Waals surface area contributed by atoms with Crippen molar-refractivity contribution in [2.75, 3.05) is 0 Å². The van der Waals surface area contributed by atoms with Gasteiger partial charge in [0.25, 0.3) is 0 Å². The molecule has 1 aromatic heterocycles. The van der Waals surface area contributed by atoms with Crippen LogP contribution < -0.4 is 0 Å². The summed E-state index contributed by atoms with van der Waals surface area (Å²) >= 11 is 0. The van der Waals surface area contributed by atoms with Crippen LogP contribution in [0, 0.1) is 30.1 Å². The highest BCUT2D eigenvalue weighted by molar-refractivity contribution is 6.11. The average molecular weight is 492 g/mol. The number of benzene rings is 1. The lowest BCUT2D eigenvalue weighted by Gasteiger charge is -2.30. The Hall–Kier alpha value is -2.69. The van der Waals surface area contributed by atoms with Crippen LogP contribution in [0.4, 0.5) is 0 Å². The Morgan fingerprint density at radius 3 is 2.39 bits per heavy atom. The monoisotopic (exact) mass is 491 g/mol. The van der Waals surface area contributed by atoms with E-state index in [0.717, 1.165) is 55.0 Å². The predicted molar refractivity (Wildman–Crippen MR) is 142 cm³/mol. The van der Waals surface area contributed by atoms with Crippen molar-refractivity contribution in [1.82, 2.24) is 4.57 Å². The molecule has 0 aliphatic heterocycles. The number of nitrogens with zero attached hydrogens (tertiary/aromatic N) is 1. The zero-order chi connectivity index (χ0) is 26.2. The fourth-order valence-electron chi connectivity index (χ4n) is 6.44. The van der Waals surface area contributed by atoms with Gasteiger partial charge in [0.15, 0.2) is 11.6 Å². The zero-order valence-electron chi connectivity index (χ0n) is 22.5. The normalized spacial score (nSPS) is 22.4. The third kappa shape index (κ3) is 5.35. The topological polar surface area (TPSA) is 76.4 Å². The van der Waals surface area contributed by atoms with Crippen molar-refractivity contribution >= 4 is 17.5 Å². The Labute approximate surface area is 215 Å². The second-order valence-electron chi connectivity index (χ2n) is 12.1. The SMILES string of the molecule is Cc1c(C(=O)c2ccc(C(=O)C(C)C3CCCC(C)CC3)cc2)c2c(n1CC(=O)O)CCC(C)(C)C2. The van der Waals surface area contributed by atoms with E-state index in [1.807, 2.05) is 11.5 Å². The molecule has 36 heavy (non-hydrogen) atoms. The highest BCUT2D eigenvalue weighted by Gasteiger charge is 2.34. The van der Waals surface area contributed by atoms with Crippen LogP contribution in [0.1, 0.15) is 109 Å². The van der Waals surface area contributed by atoms with E-state index in [4.69, 9.17) is 0 Å². The van der Waals surface area contributed by atoms with E-state index in [1.54, 1.807) is 24.3 Å². The highest BCUT2D eigenvalue weighted by atomic mass is 16.4. The van der Waals surface area contributed by atoms with Crippen LogP contribution in [-0.4, -0.2) is 27.2 Å². The lowest BCUT2D eigenvalue weighted by atomic mass is 9.75. The van der Waals surface area contributed by atoms with Gasteiger partial charge in [-0.2, -0.15) is 0 Å². The van der Waals surface area contributed by atoms with Crippen molar-refractivity contribution in [1.29, 1.82) is 0 Å². The van der Waals surface area contributed by atoms with Gasteiger partial charge in [-0.05, 0) is 61.8 Å². The number of carbonyl (C=O) groups is 3. The second-order valence-corrected chi connectivity index (χ2v) is 12.1. The minimum atomic E-state index is -0.903. The van der Waals surface area contributed by atoms with Gasteiger partial charge in [-0.25, -0.2) is 0 Å². The van der Waals surface area contributed by atoms with Crippen LogP contribution in [-0.2, 0) is 24.2 Å². The van der Waals surface area contributed by atoms with Gasteiger partial charge >= 0.3 is 5.97 Å². The van der Waals surface area contributed by atoms with Gasteiger partial charge in [-0.15, -0.1) is 0 Å². The maximum absolute atomic E-state index is 13.7. The third-order valence-electron chi connectivity index (χ3n) is 8.81. The van der Waals surface area contributed by atoms with Crippen LogP contribution in [0.5, 0.6) is 0 Å². The molecule has 0 amide bonds. The van der Waals surface area contributed by atoms with E-state index in [1.165, 1.54) is 19.3 Å². The van der Waals surface area contributed by atoms with Gasteiger partial charge in [-0.1, -0.05) is 71.2 Å². The van der Waals surface area contributed by atoms with Crippen molar-refractivity contribution in [3.05, 3.63) is 57.9 Å². The van der Waals surface area contributed by atoms with Crippen LogP contribution in [0.3, 0.4) is 0 Å². The minimum Gasteiger partial charge on any atom is -0.480 e. The van der Waals surface area contributed by atoms with Gasteiger partial charge in [-0.3, -0.25) is 14.4 Å². The number of rotatable bonds is 7. The van der Waals surface area contributed by atoms with Crippen LogP contribution >= 0.6 is 0 Å². The summed E-state index contributed by atoms with van der Waals surface area (Å²) in [6, 6.07) is 7.13. The van der Waals surface area contributed by atoms with E-state index in [-0.39, 0.29) is 29.4 Å². The van der Waals surface area contributed by atoms with Gasteiger partial charge in [0, 0.05) is 34.0 Å². The van der Waals surface area contributed by atoms with Crippen LogP contribution in [0.15, 0.2) is 24.3 Å². The van der Waals surface area contributed by atoms with Crippen molar-refractivity contribution in [3.8, 4) is 0 Å². The number of hydrogen-bond acceptors (Lipinski definition) is 3. The molecule has 0 spiro atoms. The van der Waals surface area contributed by atoms with Gasteiger partial charge in [0.05, 0.1) is 0 Å². The first-order valence-corrected chi connectivity index (χ1v) is 13.6. The lowest BCUT2D eigenvalue weighted by Crippen LogP contribution is -2.24. The first-order valence-electron chi connectivity index (χ1n) is 13.6. The molecule has 0 saturated heterocycles. The predicted octanol–water partition coefficient (Wildman–Crippen LogP) is 6.66. The molecule has 0 bridgehead atoms. The van der Waals surface area contributed by atoms with E-state index >= 15 is 0 Å². The summed E-state index contributed by atoms with van der Waals surface area (Å²) < 4.78 is 1.81. The molecular formula is C31H41NO4. The lowest BCUT2D eigenvalue weighted by molar-refractivity contribution is -0.137. The Morgan fingerprint density at radius 2 is 1.72 bits per heavy atom. The molecule has 2 aliphatic carbocycles. The number of carbonyl (C=O) groups excluding carboxylic acids is 2. The van der Waals surface area contributed by atoms with Gasteiger partial charge in [0.1, 0.15) is 6.54 Å². The molecule has 3 unspecified atom stereocenters. The summed E-state index contributed by atoms with van der Waals surface area (Å²) in [5.41, 5.74) is 4.61. The molecule has 1 fully saturated rings. The second kappa shape index (κ2) is 10.4. The van der Waals surface area contributed by atoms with Crippen molar-refractivity contribution in [2.24, 2.45) is 23.2 Å². The number of fused-ring (bicyclic) bond motifs is 1. The molecule has 1 aromatic carbocycles. The number of Topliss-reactive ketones (excluding diaryl/α,β-unsaturated/α-hetero) is 1. The van der Waals surface area contributed by atoms with Crippen molar-refractivity contribution in [3.63, 3.8) is 0 Å². The Kier molecular flexibility index (Phi) is 7.59. The Morgan fingerprint density at radius 1 is 1.06 bits per heavy atom. The molecule has 194 valence electrons. The quantitative estimate of drug-likeness (QED) is 0.347. The van der Waals surface area contributed by atoms with E-state index in [2.05, 4.69) is 27.7 Å². The molecule has 1 saturated carbocycles. The van der Waals surface area contributed by atoms with Crippen molar-refractivity contribution < 1.29 is 19.5 Å². The number of carboxylic acids is 1. The van der Waals surface area contributed by atoms with E-state index in [0.29, 0.717) is 22.6 Å². The summed E-state index contributed by atoms with van der Waals surface area (Å²) in [5, 5.41) is 9.47. The fraction of sp³-hybridized carbons (Fsp3) is 0.581. The Bertz CT molecular complexity index is 1150. The molecule has 1 heterocycles. The molecule has 5 heteroatoms. The molecule has 0 radical (unpaired) electrons. The maximum Gasteiger partial charge on any atom is 0.323 e. The van der Waals surface area contributed by atoms with Gasteiger partial charge in [0.2, 0.25) is 0 Å². The van der Waals surface area contributed by atoms with Crippen LogP contribution in [0.25, 0.3) is 0 Å². The third-order valence-corrected chi connectivity index (χ3v) is 8.81. The standard InChI is InChI=1S/C31H41NO4/c1-19-7-6-8-22(10-9-19)20(2)29(35)23-11-13-24(14-12-23)30(36)28-21(3)32(18-27(33)34)26-15-16-31(4,5)17-25(26)28/h11-14,19-20,22H,6-10,15-18H2,1-5H3,(H,33,34). The molecule has 5 nitrogen and oxygen atoms in total. The number of carboxylic acid groups (broad SMARTS) is 1. The largest absolute Gasteiger partial charge is 0.480 e. The maximum atomic E-state index is 13.7. The number of aliphatic carboxylic acids is 1. The summed E-state index contributed by atoms with van der Waals surface area (Å²) in [7, 11) is 0. The van der Waals surface area contributed by atoms with E-state index in [9.17, 15) is 19.5 Å².